The molecule has 1 unspecified atom stereocenters. The molecule has 2 aromatic rings. The Bertz CT molecular complexity index is 905. The molecule has 3 rings (SSSR count). The number of ether oxygens (including phenoxy) is 2. The fraction of sp³-hybridized carbons (Fsp3) is 0.526. The number of benzene rings is 1. The van der Waals surface area contributed by atoms with Crippen LogP contribution in [0.25, 0.3) is 10.9 Å². The van der Waals surface area contributed by atoms with Gasteiger partial charge in [0.1, 0.15) is 0 Å². The zero-order valence-corrected chi connectivity index (χ0v) is 18.4. The third-order valence-corrected chi connectivity index (χ3v) is 6.13. The van der Waals surface area contributed by atoms with Gasteiger partial charge in [-0.15, -0.1) is 0 Å². The predicted molar refractivity (Wildman–Crippen MR) is 113 cm³/mol. The zero-order chi connectivity index (χ0) is 20.1. The van der Waals surface area contributed by atoms with Crippen LogP contribution in [0.3, 0.4) is 0 Å². The molecule has 1 amide bonds. The van der Waals surface area contributed by atoms with Gasteiger partial charge < -0.3 is 14.4 Å². The number of carbonyl (C=O) groups is 1. The summed E-state index contributed by atoms with van der Waals surface area (Å²) in [7, 11) is 1.59. The van der Waals surface area contributed by atoms with E-state index in [2.05, 4.69) is 27.8 Å². The molecule has 1 atom stereocenters. The van der Waals surface area contributed by atoms with E-state index >= 15 is 0 Å². The lowest BCUT2D eigenvalue weighted by Gasteiger charge is -2.32. The second kappa shape index (κ2) is 9.87. The van der Waals surface area contributed by atoms with Gasteiger partial charge in [-0.3, -0.25) is 14.2 Å². The van der Waals surface area contributed by atoms with E-state index < -0.39 is 0 Å². The monoisotopic (exact) mass is 469 g/mol. The van der Waals surface area contributed by atoms with E-state index in [1.54, 1.807) is 23.8 Å². The average molecular weight is 470 g/mol. The Morgan fingerprint density at radius 3 is 3.04 bits per heavy atom. The van der Waals surface area contributed by atoms with Crippen molar-refractivity contribution < 1.29 is 14.3 Å². The molecule has 152 valence electrons. The van der Waals surface area contributed by atoms with Crippen LogP contribution in [0.1, 0.15) is 13.3 Å². The van der Waals surface area contributed by atoms with Crippen LogP contribution in [-0.2, 0) is 20.8 Å². The SMILES string of the molecule is CCC1CN(C(=O)CSc2nc3ccc(Br)cc3c(=O)n2CCOC)CCO1. The molecule has 7 nitrogen and oxygen atoms in total. The molecule has 0 bridgehead atoms. The number of thioether (sulfide) groups is 1. The van der Waals surface area contributed by atoms with Crippen LogP contribution in [0.4, 0.5) is 0 Å². The van der Waals surface area contributed by atoms with Gasteiger partial charge in [-0.2, -0.15) is 0 Å². The molecule has 9 heteroatoms. The summed E-state index contributed by atoms with van der Waals surface area (Å²) in [6.45, 7) is 4.62. The van der Waals surface area contributed by atoms with E-state index in [9.17, 15) is 9.59 Å². The van der Waals surface area contributed by atoms with Gasteiger partial charge in [0, 0.05) is 24.7 Å². The van der Waals surface area contributed by atoms with E-state index in [-0.39, 0.29) is 23.3 Å². The first-order valence-electron chi connectivity index (χ1n) is 9.24. The molecule has 2 heterocycles. The number of amides is 1. The lowest BCUT2D eigenvalue weighted by molar-refractivity contribution is -0.135. The number of halogens is 1. The van der Waals surface area contributed by atoms with E-state index in [1.807, 2.05) is 11.0 Å². The molecule has 1 aliphatic rings. The van der Waals surface area contributed by atoms with Crippen LogP contribution in [0, 0.1) is 0 Å². The highest BCUT2D eigenvalue weighted by Gasteiger charge is 2.23. The molecule has 1 aliphatic heterocycles. The number of fused-ring (bicyclic) bond motifs is 1. The molecule has 0 radical (unpaired) electrons. The number of hydrogen-bond donors (Lipinski definition) is 0. The Morgan fingerprint density at radius 1 is 1.46 bits per heavy atom. The minimum atomic E-state index is -0.129. The Balaban J connectivity index is 1.82. The van der Waals surface area contributed by atoms with Crippen LogP contribution < -0.4 is 5.56 Å². The first-order valence-corrected chi connectivity index (χ1v) is 11.0. The first-order chi connectivity index (χ1) is 13.5. The minimum Gasteiger partial charge on any atom is -0.383 e. The summed E-state index contributed by atoms with van der Waals surface area (Å²) in [5.74, 6) is 0.271. The molecular weight excluding hydrogens is 446 g/mol. The van der Waals surface area contributed by atoms with E-state index in [1.165, 1.54) is 11.8 Å². The van der Waals surface area contributed by atoms with Crippen molar-refractivity contribution in [1.29, 1.82) is 0 Å². The lowest BCUT2D eigenvalue weighted by atomic mass is 10.2. The highest BCUT2D eigenvalue weighted by Crippen LogP contribution is 2.21. The smallest absolute Gasteiger partial charge is 0.262 e. The van der Waals surface area contributed by atoms with Gasteiger partial charge in [0.2, 0.25) is 5.91 Å². The van der Waals surface area contributed by atoms with Crippen molar-refractivity contribution in [3.8, 4) is 0 Å². The Labute approximate surface area is 176 Å². The maximum absolute atomic E-state index is 13.0. The lowest BCUT2D eigenvalue weighted by Crippen LogP contribution is -2.46. The number of rotatable bonds is 7. The van der Waals surface area contributed by atoms with Crippen LogP contribution in [-0.4, -0.2) is 65.6 Å². The van der Waals surface area contributed by atoms with Gasteiger partial charge in [0.15, 0.2) is 5.16 Å². The largest absolute Gasteiger partial charge is 0.383 e. The second-order valence-electron chi connectivity index (χ2n) is 6.53. The molecule has 0 aliphatic carbocycles. The maximum atomic E-state index is 13.0. The van der Waals surface area contributed by atoms with E-state index in [0.29, 0.717) is 48.9 Å². The summed E-state index contributed by atoms with van der Waals surface area (Å²) in [5.41, 5.74) is 0.491. The first kappa shape index (κ1) is 21.3. The number of morpholine rings is 1. The summed E-state index contributed by atoms with van der Waals surface area (Å²) in [6.07, 6.45) is 0.981. The summed E-state index contributed by atoms with van der Waals surface area (Å²) in [6, 6.07) is 5.43. The van der Waals surface area contributed by atoms with Crippen molar-refractivity contribution in [1.82, 2.24) is 14.5 Å². The summed E-state index contributed by atoms with van der Waals surface area (Å²) < 4.78 is 13.2. The maximum Gasteiger partial charge on any atom is 0.262 e. The molecule has 1 aromatic carbocycles. The second-order valence-corrected chi connectivity index (χ2v) is 8.39. The van der Waals surface area contributed by atoms with Gasteiger partial charge in [-0.1, -0.05) is 34.6 Å². The van der Waals surface area contributed by atoms with E-state index in [4.69, 9.17) is 9.47 Å². The quantitative estimate of drug-likeness (QED) is 0.458. The minimum absolute atomic E-state index is 0.0372. The molecule has 1 aromatic heterocycles. The molecule has 28 heavy (non-hydrogen) atoms. The number of methoxy groups -OCH3 is 1. The van der Waals surface area contributed by atoms with Gasteiger partial charge in [-0.25, -0.2) is 4.98 Å². The standard InChI is InChI=1S/C19H24BrN3O4S/c1-3-14-11-22(6-9-27-14)17(24)12-28-19-21-16-5-4-13(20)10-15(16)18(25)23(19)7-8-26-2/h4-5,10,14H,3,6-9,11-12H2,1-2H3. The number of aromatic nitrogens is 2. The Morgan fingerprint density at radius 2 is 2.29 bits per heavy atom. The van der Waals surface area contributed by atoms with Crippen molar-refractivity contribution in [2.75, 3.05) is 39.2 Å². The summed E-state index contributed by atoms with van der Waals surface area (Å²) in [4.78, 5) is 32.1. The summed E-state index contributed by atoms with van der Waals surface area (Å²) in [5, 5.41) is 1.07. The molecular formula is C19H24BrN3O4S. The van der Waals surface area contributed by atoms with Crippen molar-refractivity contribution >= 4 is 44.5 Å². The Hall–Kier alpha value is -1.42. The van der Waals surface area contributed by atoms with Gasteiger partial charge in [0.25, 0.3) is 5.56 Å². The van der Waals surface area contributed by atoms with Crippen LogP contribution in [0.2, 0.25) is 0 Å². The van der Waals surface area contributed by atoms with Gasteiger partial charge in [0.05, 0.1) is 42.5 Å². The van der Waals surface area contributed by atoms with Crippen molar-refractivity contribution in [2.45, 2.75) is 31.1 Å². The number of nitrogens with zero attached hydrogens (tertiary/aromatic N) is 3. The fourth-order valence-electron chi connectivity index (χ4n) is 3.07. The molecule has 0 spiro atoms. The predicted octanol–water partition coefficient (Wildman–Crippen LogP) is 2.53. The van der Waals surface area contributed by atoms with Crippen LogP contribution in [0.15, 0.2) is 32.6 Å². The average Bonchev–Trinajstić information content (AvgIpc) is 2.72. The molecule has 1 fully saturated rings. The van der Waals surface area contributed by atoms with E-state index in [0.717, 1.165) is 10.9 Å². The topological polar surface area (TPSA) is 73.7 Å². The summed E-state index contributed by atoms with van der Waals surface area (Å²) >= 11 is 4.69. The zero-order valence-electron chi connectivity index (χ0n) is 16.0. The third kappa shape index (κ3) is 4.94. The normalized spacial score (nSPS) is 17.2. The van der Waals surface area contributed by atoms with Crippen molar-refractivity contribution in [3.05, 3.63) is 33.0 Å². The van der Waals surface area contributed by atoms with Crippen molar-refractivity contribution in [3.63, 3.8) is 0 Å². The molecule has 0 saturated carbocycles. The highest BCUT2D eigenvalue weighted by atomic mass is 79.9. The fourth-order valence-corrected chi connectivity index (χ4v) is 4.36. The van der Waals surface area contributed by atoms with Crippen LogP contribution >= 0.6 is 27.7 Å². The Kier molecular flexibility index (Phi) is 7.50. The van der Waals surface area contributed by atoms with Gasteiger partial charge in [-0.05, 0) is 24.6 Å². The van der Waals surface area contributed by atoms with Gasteiger partial charge >= 0.3 is 0 Å². The van der Waals surface area contributed by atoms with Crippen LogP contribution in [0.5, 0.6) is 0 Å². The number of hydrogen-bond acceptors (Lipinski definition) is 6. The highest BCUT2D eigenvalue weighted by molar-refractivity contribution is 9.10. The molecule has 0 N–H and O–H groups in total. The molecule has 1 saturated heterocycles. The third-order valence-electron chi connectivity index (χ3n) is 4.67. The number of carbonyl (C=O) groups excluding carboxylic acids is 1. The van der Waals surface area contributed by atoms with Crippen molar-refractivity contribution in [2.24, 2.45) is 0 Å².